The second-order valence-electron chi connectivity index (χ2n) is 4.20. The molecule has 1 heterocycles. The molecule has 0 spiro atoms. The van der Waals surface area contributed by atoms with Gasteiger partial charge >= 0.3 is 0 Å². The number of hydrogen-bond acceptors (Lipinski definition) is 3. The Labute approximate surface area is 112 Å². The maximum atomic E-state index is 9.81. The van der Waals surface area contributed by atoms with E-state index in [-0.39, 0.29) is 0 Å². The molecule has 2 aromatic rings. The van der Waals surface area contributed by atoms with Crippen LogP contribution in [0.25, 0.3) is 0 Å². The van der Waals surface area contributed by atoms with Gasteiger partial charge in [0.2, 0.25) is 0 Å². The van der Waals surface area contributed by atoms with Crippen molar-refractivity contribution in [3.8, 4) is 0 Å². The molecule has 1 atom stereocenters. The van der Waals surface area contributed by atoms with E-state index in [1.807, 2.05) is 30.7 Å². The minimum Gasteiger partial charge on any atom is -0.391 e. The van der Waals surface area contributed by atoms with Gasteiger partial charge in [0.1, 0.15) is 0 Å². The van der Waals surface area contributed by atoms with E-state index < -0.39 is 6.10 Å². The zero-order valence-electron chi connectivity index (χ0n) is 10.3. The SMILES string of the molecule is O[C@H]([CH]Cc1cccs1)CNCc1ccccc1. The maximum Gasteiger partial charge on any atom is 0.0700 e. The lowest BCUT2D eigenvalue weighted by atomic mass is 10.1. The second kappa shape index (κ2) is 7.31. The monoisotopic (exact) mass is 260 g/mol. The standard InChI is InChI=1S/C15H18NOS/c17-14(8-9-15-7-4-10-18-15)12-16-11-13-5-2-1-3-6-13/h1-8,10,14,16-17H,9,11-12H2/t14-/m1/s1. The Kier molecular flexibility index (Phi) is 5.39. The number of aliphatic hydroxyl groups excluding tert-OH is 1. The van der Waals surface area contributed by atoms with Crippen LogP contribution >= 0.6 is 11.3 Å². The highest BCUT2D eigenvalue weighted by molar-refractivity contribution is 7.09. The molecule has 0 fully saturated rings. The molecule has 2 N–H and O–H groups in total. The van der Waals surface area contributed by atoms with Gasteiger partial charge in [-0.1, -0.05) is 36.4 Å². The zero-order chi connectivity index (χ0) is 12.6. The highest BCUT2D eigenvalue weighted by Gasteiger charge is 2.05. The predicted molar refractivity (Wildman–Crippen MR) is 76.5 cm³/mol. The van der Waals surface area contributed by atoms with E-state index in [1.54, 1.807) is 11.3 Å². The lowest BCUT2D eigenvalue weighted by molar-refractivity contribution is 0.200. The van der Waals surface area contributed by atoms with Crippen LogP contribution in [0, 0.1) is 6.42 Å². The third-order valence-corrected chi connectivity index (χ3v) is 3.60. The van der Waals surface area contributed by atoms with Gasteiger partial charge in [0.25, 0.3) is 0 Å². The topological polar surface area (TPSA) is 32.3 Å². The van der Waals surface area contributed by atoms with Crippen LogP contribution in [0.4, 0.5) is 0 Å². The molecule has 1 aromatic carbocycles. The fraction of sp³-hybridized carbons (Fsp3) is 0.267. The van der Waals surface area contributed by atoms with Gasteiger partial charge < -0.3 is 10.4 Å². The van der Waals surface area contributed by atoms with Crippen LogP contribution in [0.3, 0.4) is 0 Å². The van der Waals surface area contributed by atoms with Crippen molar-refractivity contribution in [2.45, 2.75) is 19.1 Å². The summed E-state index contributed by atoms with van der Waals surface area (Å²) in [4.78, 5) is 1.29. The summed E-state index contributed by atoms with van der Waals surface area (Å²) >= 11 is 1.72. The van der Waals surface area contributed by atoms with E-state index in [4.69, 9.17) is 0 Å². The van der Waals surface area contributed by atoms with E-state index in [1.165, 1.54) is 10.4 Å². The first-order valence-corrected chi connectivity index (χ1v) is 7.01. The Morgan fingerprint density at radius 3 is 2.72 bits per heavy atom. The number of benzene rings is 1. The van der Waals surface area contributed by atoms with Gasteiger partial charge in [0, 0.05) is 18.0 Å². The van der Waals surface area contributed by atoms with Crippen molar-refractivity contribution in [1.82, 2.24) is 5.32 Å². The molecule has 0 amide bonds. The summed E-state index contributed by atoms with van der Waals surface area (Å²) in [5, 5.41) is 15.1. The summed E-state index contributed by atoms with van der Waals surface area (Å²) in [6.45, 7) is 1.39. The van der Waals surface area contributed by atoms with Crippen LogP contribution in [0.2, 0.25) is 0 Å². The van der Waals surface area contributed by atoms with E-state index in [9.17, 15) is 5.11 Å². The van der Waals surface area contributed by atoms with Gasteiger partial charge in [-0.3, -0.25) is 0 Å². The molecule has 1 aromatic heterocycles. The Morgan fingerprint density at radius 2 is 2.00 bits per heavy atom. The summed E-state index contributed by atoms with van der Waals surface area (Å²) in [5.41, 5.74) is 1.24. The van der Waals surface area contributed by atoms with Crippen LogP contribution in [0.5, 0.6) is 0 Å². The van der Waals surface area contributed by atoms with Gasteiger partial charge in [-0.05, 0) is 29.9 Å². The number of rotatable bonds is 7. The third-order valence-electron chi connectivity index (χ3n) is 2.70. The van der Waals surface area contributed by atoms with Crippen LogP contribution in [-0.2, 0) is 13.0 Å². The Hall–Kier alpha value is -1.16. The fourth-order valence-electron chi connectivity index (χ4n) is 1.72. The van der Waals surface area contributed by atoms with Crippen LogP contribution in [0.1, 0.15) is 10.4 Å². The first-order chi connectivity index (χ1) is 8.84. The van der Waals surface area contributed by atoms with E-state index in [0.29, 0.717) is 6.54 Å². The first kappa shape index (κ1) is 13.3. The largest absolute Gasteiger partial charge is 0.391 e. The van der Waals surface area contributed by atoms with Crippen molar-refractivity contribution >= 4 is 11.3 Å². The molecule has 95 valence electrons. The molecule has 2 nitrogen and oxygen atoms in total. The van der Waals surface area contributed by atoms with E-state index in [0.717, 1.165) is 13.0 Å². The molecule has 0 saturated carbocycles. The molecular formula is C15H18NOS. The van der Waals surface area contributed by atoms with Gasteiger partial charge in [-0.2, -0.15) is 0 Å². The zero-order valence-corrected chi connectivity index (χ0v) is 11.1. The molecule has 0 bridgehead atoms. The quantitative estimate of drug-likeness (QED) is 0.802. The van der Waals surface area contributed by atoms with Crippen molar-refractivity contribution in [2.75, 3.05) is 6.54 Å². The van der Waals surface area contributed by atoms with E-state index in [2.05, 4.69) is 28.9 Å². The van der Waals surface area contributed by atoms with Gasteiger partial charge in [-0.25, -0.2) is 0 Å². The van der Waals surface area contributed by atoms with Crippen LogP contribution in [-0.4, -0.2) is 17.8 Å². The minimum atomic E-state index is -0.393. The number of hydrogen-bond donors (Lipinski definition) is 2. The molecular weight excluding hydrogens is 242 g/mol. The summed E-state index contributed by atoms with van der Waals surface area (Å²) < 4.78 is 0. The maximum absolute atomic E-state index is 9.81. The average Bonchev–Trinajstić information content (AvgIpc) is 2.91. The lowest BCUT2D eigenvalue weighted by Crippen LogP contribution is -2.27. The summed E-state index contributed by atoms with van der Waals surface area (Å²) in [5.74, 6) is 0. The smallest absolute Gasteiger partial charge is 0.0700 e. The van der Waals surface area contributed by atoms with Crippen molar-refractivity contribution < 1.29 is 5.11 Å². The minimum absolute atomic E-state index is 0.393. The van der Waals surface area contributed by atoms with Crippen LogP contribution < -0.4 is 5.32 Å². The molecule has 0 unspecified atom stereocenters. The lowest BCUT2D eigenvalue weighted by Gasteiger charge is -2.11. The van der Waals surface area contributed by atoms with Crippen molar-refractivity contribution in [3.05, 3.63) is 64.7 Å². The Morgan fingerprint density at radius 1 is 1.17 bits per heavy atom. The Balaban J connectivity index is 1.61. The first-order valence-electron chi connectivity index (χ1n) is 6.13. The summed E-state index contributed by atoms with van der Waals surface area (Å²) in [6, 6.07) is 14.3. The highest BCUT2D eigenvalue weighted by atomic mass is 32.1. The predicted octanol–water partition coefficient (Wildman–Crippen LogP) is 2.65. The number of nitrogens with one attached hydrogen (secondary N) is 1. The molecule has 0 saturated heterocycles. The van der Waals surface area contributed by atoms with E-state index >= 15 is 0 Å². The molecule has 0 aliphatic heterocycles. The fourth-order valence-corrected chi connectivity index (χ4v) is 2.41. The second-order valence-corrected chi connectivity index (χ2v) is 5.24. The van der Waals surface area contributed by atoms with Crippen molar-refractivity contribution in [3.63, 3.8) is 0 Å². The number of thiophene rings is 1. The Bertz CT molecular complexity index is 427. The van der Waals surface area contributed by atoms with Crippen molar-refractivity contribution in [1.29, 1.82) is 0 Å². The average molecular weight is 260 g/mol. The molecule has 18 heavy (non-hydrogen) atoms. The normalized spacial score (nSPS) is 12.5. The van der Waals surface area contributed by atoms with Gasteiger partial charge in [0.05, 0.1) is 6.10 Å². The van der Waals surface area contributed by atoms with Gasteiger partial charge in [0.15, 0.2) is 0 Å². The van der Waals surface area contributed by atoms with Gasteiger partial charge in [-0.15, -0.1) is 11.3 Å². The highest BCUT2D eigenvalue weighted by Crippen LogP contribution is 2.11. The van der Waals surface area contributed by atoms with Crippen molar-refractivity contribution in [2.24, 2.45) is 0 Å². The van der Waals surface area contributed by atoms with Crippen LogP contribution in [0.15, 0.2) is 47.8 Å². The summed E-state index contributed by atoms with van der Waals surface area (Å²) in [6.07, 6.45) is 2.39. The summed E-state index contributed by atoms with van der Waals surface area (Å²) in [7, 11) is 0. The molecule has 1 radical (unpaired) electrons. The number of aliphatic hydroxyl groups is 1. The third kappa shape index (κ3) is 4.61. The molecule has 0 aliphatic rings. The molecule has 0 aliphatic carbocycles. The molecule has 2 rings (SSSR count). The molecule has 3 heteroatoms.